The minimum absolute atomic E-state index is 0.138. The number of Topliss-reactive ketones (excluding diaryl/α,β-unsaturated/α-hetero) is 1. The van der Waals surface area contributed by atoms with Crippen molar-refractivity contribution in [2.75, 3.05) is 0 Å². The highest BCUT2D eigenvalue weighted by Gasteiger charge is 2.26. The third-order valence-corrected chi connectivity index (χ3v) is 2.54. The van der Waals surface area contributed by atoms with Gasteiger partial charge in [-0.15, -0.1) is 0 Å². The monoisotopic (exact) mass is 254 g/mol. The van der Waals surface area contributed by atoms with Crippen molar-refractivity contribution in [3.63, 3.8) is 0 Å². The molecule has 0 aliphatic carbocycles. The lowest BCUT2D eigenvalue weighted by molar-refractivity contribution is 0.0960. The van der Waals surface area contributed by atoms with Gasteiger partial charge in [0.25, 0.3) is 0 Å². The first-order chi connectivity index (χ1) is 6.32. The van der Waals surface area contributed by atoms with Gasteiger partial charge in [0.15, 0.2) is 5.78 Å². The third kappa shape index (κ3) is 2.44. The van der Waals surface area contributed by atoms with Gasteiger partial charge in [-0.1, -0.05) is 33.6 Å². The molecule has 0 N–H and O–H groups in total. The summed E-state index contributed by atoms with van der Waals surface area (Å²) in [6.07, 6.45) is 0. The molecule has 0 saturated heterocycles. The molecule has 0 bridgehead atoms. The molecule has 0 aromatic heterocycles. The van der Waals surface area contributed by atoms with Crippen molar-refractivity contribution in [1.29, 1.82) is 0 Å². The molecular weight excluding hydrogens is 240 g/mol. The van der Waals surface area contributed by atoms with Crippen LogP contribution >= 0.6 is 15.9 Å². The Balaban J connectivity index is 3.19. The summed E-state index contributed by atoms with van der Waals surface area (Å²) in [5.74, 6) is 0.138. The van der Waals surface area contributed by atoms with Crippen LogP contribution in [0.5, 0.6) is 0 Å². The first-order valence-electron chi connectivity index (χ1n) is 4.63. The first kappa shape index (κ1) is 11.4. The van der Waals surface area contributed by atoms with E-state index in [0.717, 1.165) is 16.7 Å². The van der Waals surface area contributed by atoms with Gasteiger partial charge in [-0.3, -0.25) is 4.79 Å². The topological polar surface area (TPSA) is 17.1 Å². The number of halogens is 1. The molecule has 0 saturated carbocycles. The molecule has 76 valence electrons. The summed E-state index contributed by atoms with van der Waals surface area (Å²) < 4.78 is -0.481. The Morgan fingerprint density at radius 1 is 1.29 bits per heavy atom. The van der Waals surface area contributed by atoms with Gasteiger partial charge in [-0.25, -0.2) is 0 Å². The van der Waals surface area contributed by atoms with Crippen molar-refractivity contribution in [2.45, 2.75) is 32.0 Å². The van der Waals surface area contributed by atoms with Crippen molar-refractivity contribution in [1.82, 2.24) is 0 Å². The zero-order chi connectivity index (χ0) is 10.9. The number of aryl methyl sites for hydroxylation is 2. The van der Waals surface area contributed by atoms with Gasteiger partial charge in [0.2, 0.25) is 0 Å². The minimum Gasteiger partial charge on any atom is -0.293 e. The number of carbonyl (C=O) groups is 1. The minimum atomic E-state index is -0.481. The van der Waals surface area contributed by atoms with E-state index in [1.807, 2.05) is 45.9 Å². The summed E-state index contributed by atoms with van der Waals surface area (Å²) in [5, 5.41) is 0. The van der Waals surface area contributed by atoms with Gasteiger partial charge in [0, 0.05) is 5.56 Å². The largest absolute Gasteiger partial charge is 0.293 e. The standard InChI is InChI=1S/C12H15BrO/c1-8-5-6-9(2)10(7-8)11(14)12(3,4)13/h5-7H,1-4H3. The lowest BCUT2D eigenvalue weighted by Gasteiger charge is -2.16. The van der Waals surface area contributed by atoms with Crippen LogP contribution in [0.3, 0.4) is 0 Å². The highest BCUT2D eigenvalue weighted by Crippen LogP contribution is 2.24. The predicted octanol–water partition coefficient (Wildman–Crippen LogP) is 3.66. The summed E-state index contributed by atoms with van der Waals surface area (Å²) in [7, 11) is 0. The van der Waals surface area contributed by atoms with Crippen LogP contribution in [0.25, 0.3) is 0 Å². The molecule has 0 heterocycles. The highest BCUT2D eigenvalue weighted by atomic mass is 79.9. The Labute approximate surface area is 93.7 Å². The van der Waals surface area contributed by atoms with Crippen molar-refractivity contribution < 1.29 is 4.79 Å². The van der Waals surface area contributed by atoms with Gasteiger partial charge in [-0.05, 0) is 39.3 Å². The van der Waals surface area contributed by atoms with E-state index in [4.69, 9.17) is 0 Å². The fourth-order valence-electron chi connectivity index (χ4n) is 1.30. The molecule has 0 aliphatic heterocycles. The maximum atomic E-state index is 12.0. The smallest absolute Gasteiger partial charge is 0.179 e. The Bertz CT molecular complexity index is 361. The molecule has 0 aliphatic rings. The van der Waals surface area contributed by atoms with Gasteiger partial charge >= 0.3 is 0 Å². The maximum absolute atomic E-state index is 12.0. The van der Waals surface area contributed by atoms with E-state index in [2.05, 4.69) is 15.9 Å². The number of benzene rings is 1. The Kier molecular flexibility index (Phi) is 3.15. The molecule has 14 heavy (non-hydrogen) atoms. The second-order valence-electron chi connectivity index (χ2n) is 4.12. The van der Waals surface area contributed by atoms with E-state index < -0.39 is 4.32 Å². The molecular formula is C12H15BrO. The van der Waals surface area contributed by atoms with E-state index in [-0.39, 0.29) is 5.78 Å². The predicted molar refractivity (Wildman–Crippen MR) is 63.3 cm³/mol. The van der Waals surface area contributed by atoms with Crippen LogP contribution in [-0.4, -0.2) is 10.1 Å². The third-order valence-electron chi connectivity index (χ3n) is 2.18. The maximum Gasteiger partial charge on any atom is 0.179 e. The van der Waals surface area contributed by atoms with Crippen LogP contribution in [0.2, 0.25) is 0 Å². The van der Waals surface area contributed by atoms with Crippen molar-refractivity contribution >= 4 is 21.7 Å². The first-order valence-corrected chi connectivity index (χ1v) is 5.42. The zero-order valence-corrected chi connectivity index (χ0v) is 10.6. The average Bonchev–Trinajstić information content (AvgIpc) is 2.06. The summed E-state index contributed by atoms with van der Waals surface area (Å²) >= 11 is 3.39. The number of carbonyl (C=O) groups excluding carboxylic acids is 1. The number of hydrogen-bond acceptors (Lipinski definition) is 1. The molecule has 0 amide bonds. The molecule has 1 rings (SSSR count). The number of ketones is 1. The van der Waals surface area contributed by atoms with Gasteiger partial charge in [0.05, 0.1) is 4.32 Å². The van der Waals surface area contributed by atoms with Crippen LogP contribution in [-0.2, 0) is 0 Å². The summed E-state index contributed by atoms with van der Waals surface area (Å²) in [6.45, 7) is 7.71. The average molecular weight is 255 g/mol. The van der Waals surface area contributed by atoms with Crippen molar-refractivity contribution in [2.24, 2.45) is 0 Å². The molecule has 1 aromatic rings. The van der Waals surface area contributed by atoms with E-state index in [0.29, 0.717) is 0 Å². The lowest BCUT2D eigenvalue weighted by Crippen LogP contribution is -2.24. The number of alkyl halides is 1. The highest BCUT2D eigenvalue weighted by molar-refractivity contribution is 9.10. The number of rotatable bonds is 2. The lowest BCUT2D eigenvalue weighted by atomic mass is 9.95. The Morgan fingerprint density at radius 3 is 2.36 bits per heavy atom. The normalized spacial score (nSPS) is 11.5. The number of hydrogen-bond donors (Lipinski definition) is 0. The molecule has 0 atom stereocenters. The fraction of sp³-hybridized carbons (Fsp3) is 0.417. The Hall–Kier alpha value is -0.630. The van der Waals surface area contributed by atoms with Gasteiger partial charge in [-0.2, -0.15) is 0 Å². The molecule has 1 nitrogen and oxygen atoms in total. The second-order valence-corrected chi connectivity index (χ2v) is 6.10. The van der Waals surface area contributed by atoms with E-state index in [1.165, 1.54) is 0 Å². The van der Waals surface area contributed by atoms with E-state index in [9.17, 15) is 4.79 Å². The van der Waals surface area contributed by atoms with Crippen LogP contribution < -0.4 is 0 Å². The molecule has 0 fully saturated rings. The van der Waals surface area contributed by atoms with E-state index >= 15 is 0 Å². The summed E-state index contributed by atoms with van der Waals surface area (Å²) in [4.78, 5) is 12.0. The molecule has 0 radical (unpaired) electrons. The van der Waals surface area contributed by atoms with Crippen LogP contribution in [0, 0.1) is 13.8 Å². The van der Waals surface area contributed by atoms with Crippen molar-refractivity contribution in [3.05, 3.63) is 34.9 Å². The van der Waals surface area contributed by atoms with Crippen LogP contribution in [0.1, 0.15) is 35.3 Å². The SMILES string of the molecule is Cc1ccc(C)c(C(=O)C(C)(C)Br)c1. The second kappa shape index (κ2) is 3.85. The summed E-state index contributed by atoms with van der Waals surface area (Å²) in [6, 6.07) is 5.95. The van der Waals surface area contributed by atoms with E-state index in [1.54, 1.807) is 0 Å². The summed E-state index contributed by atoms with van der Waals surface area (Å²) in [5.41, 5.74) is 2.97. The van der Waals surface area contributed by atoms with Crippen LogP contribution in [0.4, 0.5) is 0 Å². The van der Waals surface area contributed by atoms with Crippen LogP contribution in [0.15, 0.2) is 18.2 Å². The zero-order valence-electron chi connectivity index (χ0n) is 9.02. The molecule has 2 heteroatoms. The van der Waals surface area contributed by atoms with Gasteiger partial charge < -0.3 is 0 Å². The quantitative estimate of drug-likeness (QED) is 0.582. The van der Waals surface area contributed by atoms with Crippen molar-refractivity contribution in [3.8, 4) is 0 Å². The van der Waals surface area contributed by atoms with Gasteiger partial charge in [0.1, 0.15) is 0 Å². The molecule has 1 aromatic carbocycles. The Morgan fingerprint density at radius 2 is 1.86 bits per heavy atom. The molecule has 0 spiro atoms. The molecule has 0 unspecified atom stereocenters. The fourth-order valence-corrected chi connectivity index (χ4v) is 1.51.